The minimum absolute atomic E-state index is 0.315. The number of benzene rings is 2. The fraction of sp³-hybridized carbons (Fsp3) is 0.136. The average molecular weight is 401 g/mol. The van der Waals surface area contributed by atoms with E-state index in [0.29, 0.717) is 28.5 Å². The van der Waals surface area contributed by atoms with Crippen LogP contribution in [-0.4, -0.2) is 39.1 Å². The van der Waals surface area contributed by atoms with Gasteiger partial charge in [-0.25, -0.2) is 9.97 Å². The highest BCUT2D eigenvalue weighted by atomic mass is 16.2. The Morgan fingerprint density at radius 3 is 2.10 bits per heavy atom. The van der Waals surface area contributed by atoms with Crippen LogP contribution < -0.4 is 10.6 Å². The van der Waals surface area contributed by atoms with E-state index in [1.165, 1.54) is 0 Å². The van der Waals surface area contributed by atoms with Crippen LogP contribution in [0, 0.1) is 13.8 Å². The summed E-state index contributed by atoms with van der Waals surface area (Å²) in [7, 11) is 0. The molecule has 0 spiro atoms. The molecule has 1 aliphatic heterocycles. The zero-order chi connectivity index (χ0) is 21.3. The number of fused-ring (bicyclic) bond motifs is 1. The molecule has 1 aromatic heterocycles. The van der Waals surface area contributed by atoms with Crippen molar-refractivity contribution in [3.05, 3.63) is 77.1 Å². The molecule has 0 saturated carbocycles. The van der Waals surface area contributed by atoms with Crippen molar-refractivity contribution < 1.29 is 14.4 Å². The van der Waals surface area contributed by atoms with E-state index >= 15 is 0 Å². The number of aromatic nitrogens is 2. The lowest BCUT2D eigenvalue weighted by Crippen LogP contribution is -2.37. The summed E-state index contributed by atoms with van der Waals surface area (Å²) in [5.74, 6) is -0.937. The molecule has 2 heterocycles. The second-order valence-corrected chi connectivity index (χ2v) is 6.97. The van der Waals surface area contributed by atoms with E-state index in [0.717, 1.165) is 16.3 Å². The zero-order valence-corrected chi connectivity index (χ0v) is 16.5. The van der Waals surface area contributed by atoms with Gasteiger partial charge in [0.1, 0.15) is 6.54 Å². The molecule has 2 aromatic carbocycles. The molecule has 8 heteroatoms. The van der Waals surface area contributed by atoms with Gasteiger partial charge in [-0.3, -0.25) is 19.3 Å². The van der Waals surface area contributed by atoms with Crippen molar-refractivity contribution in [1.29, 1.82) is 0 Å². The van der Waals surface area contributed by atoms with Crippen molar-refractivity contribution in [2.45, 2.75) is 13.8 Å². The predicted molar refractivity (Wildman–Crippen MR) is 112 cm³/mol. The lowest BCUT2D eigenvalue weighted by Gasteiger charge is -2.14. The Morgan fingerprint density at radius 1 is 0.867 bits per heavy atom. The van der Waals surface area contributed by atoms with Gasteiger partial charge in [-0.05, 0) is 50.2 Å². The Bertz CT molecular complexity index is 1120. The van der Waals surface area contributed by atoms with Crippen LogP contribution in [0.4, 0.5) is 17.3 Å². The Kier molecular flexibility index (Phi) is 4.97. The van der Waals surface area contributed by atoms with Crippen molar-refractivity contribution in [3.63, 3.8) is 0 Å². The summed E-state index contributed by atoms with van der Waals surface area (Å²) < 4.78 is 0. The summed E-state index contributed by atoms with van der Waals surface area (Å²) in [4.78, 5) is 46.9. The molecule has 1 aliphatic rings. The Hall–Kier alpha value is -4.07. The van der Waals surface area contributed by atoms with Crippen molar-refractivity contribution >= 4 is 35.0 Å². The van der Waals surface area contributed by atoms with Crippen LogP contribution >= 0.6 is 0 Å². The average Bonchev–Trinajstić information content (AvgIpc) is 2.93. The first-order valence-corrected chi connectivity index (χ1v) is 9.35. The highest BCUT2D eigenvalue weighted by molar-refractivity contribution is 6.22. The first-order valence-electron chi connectivity index (χ1n) is 9.35. The van der Waals surface area contributed by atoms with E-state index < -0.39 is 17.7 Å². The molecule has 0 radical (unpaired) electrons. The molecule has 3 aromatic rings. The standard InChI is InChI=1S/C22H19N5O3/c1-13-10-14(2)24-22(23-13)26-16-7-5-6-15(11-16)25-19(28)12-27-20(29)17-8-3-4-9-18(17)21(27)30/h3-11H,12H2,1-2H3,(H,25,28)(H,23,24,26). The highest BCUT2D eigenvalue weighted by Gasteiger charge is 2.36. The molecule has 150 valence electrons. The van der Waals surface area contributed by atoms with Gasteiger partial charge in [0.15, 0.2) is 0 Å². The topological polar surface area (TPSA) is 104 Å². The molecule has 3 amide bonds. The van der Waals surface area contributed by atoms with Gasteiger partial charge in [0.25, 0.3) is 11.8 Å². The van der Waals surface area contributed by atoms with Gasteiger partial charge in [0, 0.05) is 22.8 Å². The normalized spacial score (nSPS) is 12.7. The first kappa shape index (κ1) is 19.3. The zero-order valence-electron chi connectivity index (χ0n) is 16.5. The number of hydrogen-bond donors (Lipinski definition) is 2. The number of imide groups is 1. The van der Waals surface area contributed by atoms with Crippen LogP contribution in [0.25, 0.3) is 0 Å². The van der Waals surface area contributed by atoms with Gasteiger partial charge in [0.05, 0.1) is 11.1 Å². The van der Waals surface area contributed by atoms with E-state index in [4.69, 9.17) is 0 Å². The van der Waals surface area contributed by atoms with Gasteiger partial charge in [-0.15, -0.1) is 0 Å². The van der Waals surface area contributed by atoms with Crippen molar-refractivity contribution in [2.75, 3.05) is 17.2 Å². The van der Waals surface area contributed by atoms with E-state index in [1.807, 2.05) is 26.0 Å². The molecule has 8 nitrogen and oxygen atoms in total. The first-order chi connectivity index (χ1) is 14.4. The molecular weight excluding hydrogens is 382 g/mol. The maximum atomic E-state index is 12.5. The summed E-state index contributed by atoms with van der Waals surface area (Å²) >= 11 is 0. The number of aryl methyl sites for hydroxylation is 2. The lowest BCUT2D eigenvalue weighted by molar-refractivity contribution is -0.116. The van der Waals surface area contributed by atoms with Crippen molar-refractivity contribution in [2.24, 2.45) is 0 Å². The van der Waals surface area contributed by atoms with E-state index in [-0.39, 0.29) is 6.54 Å². The van der Waals surface area contributed by atoms with Crippen LogP contribution in [0.2, 0.25) is 0 Å². The quantitative estimate of drug-likeness (QED) is 0.637. The lowest BCUT2D eigenvalue weighted by atomic mass is 10.1. The highest BCUT2D eigenvalue weighted by Crippen LogP contribution is 2.23. The Morgan fingerprint density at radius 2 is 1.47 bits per heavy atom. The summed E-state index contributed by atoms with van der Waals surface area (Å²) in [6.45, 7) is 3.41. The fourth-order valence-corrected chi connectivity index (χ4v) is 3.31. The number of nitrogens with one attached hydrogen (secondary N) is 2. The maximum Gasteiger partial charge on any atom is 0.262 e. The number of hydrogen-bond acceptors (Lipinski definition) is 6. The third-order valence-corrected chi connectivity index (χ3v) is 4.56. The number of rotatable bonds is 5. The largest absolute Gasteiger partial charge is 0.324 e. The monoisotopic (exact) mass is 401 g/mol. The van der Waals surface area contributed by atoms with Crippen LogP contribution in [0.5, 0.6) is 0 Å². The summed E-state index contributed by atoms with van der Waals surface area (Å²) in [6, 6.07) is 15.4. The van der Waals surface area contributed by atoms with Crippen LogP contribution in [0.3, 0.4) is 0 Å². The molecule has 4 rings (SSSR count). The van der Waals surface area contributed by atoms with Gasteiger partial charge in [-0.2, -0.15) is 0 Å². The smallest absolute Gasteiger partial charge is 0.262 e. The number of carbonyl (C=O) groups excluding carboxylic acids is 3. The van der Waals surface area contributed by atoms with Crippen LogP contribution in [0.1, 0.15) is 32.1 Å². The molecule has 0 aliphatic carbocycles. The van der Waals surface area contributed by atoms with Gasteiger partial charge in [0.2, 0.25) is 11.9 Å². The number of carbonyl (C=O) groups is 3. The molecule has 2 N–H and O–H groups in total. The Labute approximate surface area is 173 Å². The van der Waals surface area contributed by atoms with E-state index in [9.17, 15) is 14.4 Å². The minimum atomic E-state index is -0.468. The van der Waals surface area contributed by atoms with Gasteiger partial charge < -0.3 is 10.6 Å². The summed E-state index contributed by atoms with van der Waals surface area (Å²) in [5, 5.41) is 5.83. The molecule has 0 fully saturated rings. The second-order valence-electron chi connectivity index (χ2n) is 6.97. The second kappa shape index (κ2) is 7.75. The molecule has 30 heavy (non-hydrogen) atoms. The molecule has 0 saturated heterocycles. The minimum Gasteiger partial charge on any atom is -0.324 e. The third kappa shape index (κ3) is 3.88. The molecular formula is C22H19N5O3. The van der Waals surface area contributed by atoms with Crippen molar-refractivity contribution in [1.82, 2.24) is 14.9 Å². The summed E-state index contributed by atoms with van der Waals surface area (Å²) in [5.41, 5.74) is 3.53. The third-order valence-electron chi connectivity index (χ3n) is 4.56. The summed E-state index contributed by atoms with van der Waals surface area (Å²) in [6.07, 6.45) is 0. The molecule has 0 unspecified atom stereocenters. The Balaban J connectivity index is 1.44. The predicted octanol–water partition coefficient (Wildman–Crippen LogP) is 3.07. The fourth-order valence-electron chi connectivity index (χ4n) is 3.31. The number of amides is 3. The van der Waals surface area contributed by atoms with Crippen LogP contribution in [-0.2, 0) is 4.79 Å². The number of nitrogens with zero attached hydrogens (tertiary/aromatic N) is 3. The molecule has 0 atom stereocenters. The van der Waals surface area contributed by atoms with Gasteiger partial charge in [-0.1, -0.05) is 18.2 Å². The maximum absolute atomic E-state index is 12.5. The van der Waals surface area contributed by atoms with Gasteiger partial charge >= 0.3 is 0 Å². The van der Waals surface area contributed by atoms with Crippen LogP contribution in [0.15, 0.2) is 54.6 Å². The van der Waals surface area contributed by atoms with E-state index in [1.54, 1.807) is 42.5 Å². The molecule has 0 bridgehead atoms. The SMILES string of the molecule is Cc1cc(C)nc(Nc2cccc(NC(=O)CN3C(=O)c4ccccc4C3=O)c2)n1. The number of anilines is 3. The van der Waals surface area contributed by atoms with Crippen molar-refractivity contribution in [3.8, 4) is 0 Å². The van der Waals surface area contributed by atoms with E-state index in [2.05, 4.69) is 20.6 Å².